The molecular formula is C20H25N5O2S. The van der Waals surface area contributed by atoms with Crippen molar-refractivity contribution in [2.75, 3.05) is 6.54 Å². The average molecular weight is 400 g/mol. The lowest BCUT2D eigenvalue weighted by atomic mass is 9.97. The minimum Gasteiger partial charge on any atom is -0.338 e. The van der Waals surface area contributed by atoms with Crippen molar-refractivity contribution in [2.24, 2.45) is 0 Å². The summed E-state index contributed by atoms with van der Waals surface area (Å²) in [6.07, 6.45) is 5.80. The van der Waals surface area contributed by atoms with Gasteiger partial charge in [0.2, 0.25) is 5.91 Å². The standard InChI is InChI=1S/C20H25N5O2S/c1-2-3-9-24(12-14-8-10-28-13-14)18(26)11-17-22-20-21-16-7-5-4-6-15(16)19(27)25(20)23-17/h8,10,13H,2-7,9,11-12H2,1H3,(H,21,22,23). The van der Waals surface area contributed by atoms with E-state index in [-0.39, 0.29) is 17.9 Å². The zero-order valence-electron chi connectivity index (χ0n) is 16.1. The van der Waals surface area contributed by atoms with E-state index in [9.17, 15) is 9.59 Å². The van der Waals surface area contributed by atoms with Crippen molar-refractivity contribution in [3.8, 4) is 0 Å². The van der Waals surface area contributed by atoms with Crippen LogP contribution in [0.3, 0.4) is 0 Å². The molecule has 1 aliphatic rings. The highest BCUT2D eigenvalue weighted by Gasteiger charge is 2.20. The number of thiophene rings is 1. The maximum Gasteiger partial charge on any atom is 0.277 e. The summed E-state index contributed by atoms with van der Waals surface area (Å²) < 4.78 is 1.39. The van der Waals surface area contributed by atoms with E-state index in [0.717, 1.165) is 61.9 Å². The molecule has 1 aliphatic carbocycles. The topological polar surface area (TPSA) is 83.4 Å². The van der Waals surface area contributed by atoms with Crippen molar-refractivity contribution >= 4 is 23.0 Å². The Bertz CT molecular complexity index is 1020. The van der Waals surface area contributed by atoms with Crippen LogP contribution >= 0.6 is 11.3 Å². The number of H-pyrrole nitrogens is 1. The van der Waals surface area contributed by atoms with Gasteiger partial charge in [-0.3, -0.25) is 14.7 Å². The van der Waals surface area contributed by atoms with E-state index in [1.54, 1.807) is 11.3 Å². The van der Waals surface area contributed by atoms with Gasteiger partial charge in [-0.25, -0.2) is 4.98 Å². The molecule has 8 heteroatoms. The lowest BCUT2D eigenvalue weighted by Crippen LogP contribution is -2.33. The minimum absolute atomic E-state index is 0.0107. The van der Waals surface area contributed by atoms with Crippen LogP contribution in [0.1, 0.15) is 55.3 Å². The normalized spacial score (nSPS) is 13.6. The van der Waals surface area contributed by atoms with Gasteiger partial charge < -0.3 is 4.90 Å². The molecule has 3 aromatic heterocycles. The molecule has 0 unspecified atom stereocenters. The van der Waals surface area contributed by atoms with Gasteiger partial charge in [-0.2, -0.15) is 20.8 Å². The SMILES string of the molecule is CCCCN(Cc1ccsc1)C(=O)Cc1nc2nc3c(c(=O)n2[nH]1)CCCC3. The first-order valence-electron chi connectivity index (χ1n) is 9.94. The smallest absolute Gasteiger partial charge is 0.277 e. The van der Waals surface area contributed by atoms with E-state index in [2.05, 4.69) is 27.4 Å². The Morgan fingerprint density at radius 2 is 2.18 bits per heavy atom. The Morgan fingerprint density at radius 3 is 2.96 bits per heavy atom. The van der Waals surface area contributed by atoms with E-state index in [1.165, 1.54) is 4.52 Å². The molecule has 1 N–H and O–H groups in total. The second kappa shape index (κ2) is 8.26. The van der Waals surface area contributed by atoms with Gasteiger partial charge in [0.05, 0.1) is 12.1 Å². The molecule has 0 radical (unpaired) electrons. The van der Waals surface area contributed by atoms with Crippen LogP contribution in [-0.4, -0.2) is 36.9 Å². The van der Waals surface area contributed by atoms with Crippen molar-refractivity contribution in [1.29, 1.82) is 0 Å². The first kappa shape index (κ1) is 18.9. The van der Waals surface area contributed by atoms with Crippen LogP contribution in [-0.2, 0) is 30.6 Å². The van der Waals surface area contributed by atoms with Crippen molar-refractivity contribution in [3.63, 3.8) is 0 Å². The highest BCUT2D eigenvalue weighted by molar-refractivity contribution is 7.07. The van der Waals surface area contributed by atoms with E-state index in [1.807, 2.05) is 16.3 Å². The molecular weight excluding hydrogens is 374 g/mol. The Labute approximate surface area is 167 Å². The van der Waals surface area contributed by atoms with E-state index in [0.29, 0.717) is 18.1 Å². The number of nitrogens with zero attached hydrogens (tertiary/aromatic N) is 4. The Kier molecular flexibility index (Phi) is 5.57. The molecule has 0 saturated carbocycles. The number of rotatable bonds is 7. The van der Waals surface area contributed by atoms with Gasteiger partial charge in [-0.05, 0) is 54.5 Å². The summed E-state index contributed by atoms with van der Waals surface area (Å²) in [5.41, 5.74) is 2.71. The molecule has 0 aliphatic heterocycles. The van der Waals surface area contributed by atoms with Crippen LogP contribution in [0, 0.1) is 0 Å². The number of aromatic amines is 1. The van der Waals surface area contributed by atoms with E-state index in [4.69, 9.17) is 0 Å². The molecule has 0 saturated heterocycles. The van der Waals surface area contributed by atoms with Crippen LogP contribution in [0.25, 0.3) is 5.78 Å². The molecule has 0 bridgehead atoms. The minimum atomic E-state index is -0.0768. The number of carbonyl (C=O) groups is 1. The number of amides is 1. The fourth-order valence-electron chi connectivity index (χ4n) is 3.67. The second-order valence-electron chi connectivity index (χ2n) is 7.33. The zero-order chi connectivity index (χ0) is 19.5. The van der Waals surface area contributed by atoms with E-state index >= 15 is 0 Å². The van der Waals surface area contributed by atoms with Gasteiger partial charge in [-0.15, -0.1) is 0 Å². The summed E-state index contributed by atoms with van der Waals surface area (Å²) in [6.45, 7) is 3.44. The quantitative estimate of drug-likeness (QED) is 0.662. The third-order valence-electron chi connectivity index (χ3n) is 5.22. The molecule has 4 rings (SSSR count). The lowest BCUT2D eigenvalue weighted by Gasteiger charge is -2.21. The third-order valence-corrected chi connectivity index (χ3v) is 5.95. The Hall–Kier alpha value is -2.48. The lowest BCUT2D eigenvalue weighted by molar-refractivity contribution is -0.131. The van der Waals surface area contributed by atoms with Gasteiger partial charge in [0, 0.05) is 18.7 Å². The maximum atomic E-state index is 12.9. The van der Waals surface area contributed by atoms with Gasteiger partial charge in [0.25, 0.3) is 11.3 Å². The summed E-state index contributed by atoms with van der Waals surface area (Å²) in [6, 6.07) is 2.05. The number of fused-ring (bicyclic) bond motifs is 2. The molecule has 0 fully saturated rings. The van der Waals surface area contributed by atoms with Crippen LogP contribution in [0.4, 0.5) is 0 Å². The number of carbonyl (C=O) groups excluding carboxylic acids is 1. The number of nitrogens with one attached hydrogen (secondary N) is 1. The molecule has 0 aromatic carbocycles. The summed E-state index contributed by atoms with van der Waals surface area (Å²) >= 11 is 1.63. The molecule has 7 nitrogen and oxygen atoms in total. The van der Waals surface area contributed by atoms with Gasteiger partial charge >= 0.3 is 0 Å². The Morgan fingerprint density at radius 1 is 1.32 bits per heavy atom. The van der Waals surface area contributed by atoms with E-state index < -0.39 is 0 Å². The van der Waals surface area contributed by atoms with Crippen molar-refractivity contribution < 1.29 is 4.79 Å². The molecule has 0 spiro atoms. The zero-order valence-corrected chi connectivity index (χ0v) is 16.9. The number of aryl methyl sites for hydroxylation is 1. The van der Waals surface area contributed by atoms with Gasteiger partial charge in [-0.1, -0.05) is 13.3 Å². The number of hydrogen-bond acceptors (Lipinski definition) is 5. The molecule has 148 valence electrons. The predicted octanol–water partition coefficient (Wildman–Crippen LogP) is 2.73. The van der Waals surface area contributed by atoms with Crippen LogP contribution in [0.5, 0.6) is 0 Å². The molecule has 28 heavy (non-hydrogen) atoms. The van der Waals surface area contributed by atoms with Crippen molar-refractivity contribution in [2.45, 2.75) is 58.4 Å². The van der Waals surface area contributed by atoms with Crippen LogP contribution in [0.15, 0.2) is 21.6 Å². The van der Waals surface area contributed by atoms with Crippen molar-refractivity contribution in [1.82, 2.24) is 24.5 Å². The number of unbranched alkanes of at least 4 members (excludes halogenated alkanes) is 1. The predicted molar refractivity (Wildman–Crippen MR) is 109 cm³/mol. The van der Waals surface area contributed by atoms with Crippen molar-refractivity contribution in [3.05, 3.63) is 49.8 Å². The molecule has 3 heterocycles. The summed E-state index contributed by atoms with van der Waals surface area (Å²) in [4.78, 5) is 36.5. The fraction of sp³-hybridized carbons (Fsp3) is 0.500. The number of hydrogen-bond donors (Lipinski definition) is 1. The van der Waals surface area contributed by atoms with Crippen LogP contribution in [0.2, 0.25) is 0 Å². The molecule has 3 aromatic rings. The summed E-state index contributed by atoms with van der Waals surface area (Å²) in [5, 5.41) is 7.10. The summed E-state index contributed by atoms with van der Waals surface area (Å²) in [5.74, 6) is 0.867. The number of aromatic nitrogens is 4. The monoisotopic (exact) mass is 399 g/mol. The first-order valence-corrected chi connectivity index (χ1v) is 10.9. The second-order valence-corrected chi connectivity index (χ2v) is 8.11. The fourth-order valence-corrected chi connectivity index (χ4v) is 4.33. The first-order chi connectivity index (χ1) is 13.7. The molecule has 0 atom stereocenters. The molecule has 1 amide bonds. The Balaban J connectivity index is 1.56. The van der Waals surface area contributed by atoms with Gasteiger partial charge in [0.15, 0.2) is 0 Å². The highest BCUT2D eigenvalue weighted by Crippen LogP contribution is 2.17. The largest absolute Gasteiger partial charge is 0.338 e. The maximum absolute atomic E-state index is 12.9. The third kappa shape index (κ3) is 3.87. The summed E-state index contributed by atoms with van der Waals surface area (Å²) in [7, 11) is 0. The average Bonchev–Trinajstić information content (AvgIpc) is 3.35. The highest BCUT2D eigenvalue weighted by atomic mass is 32.1. The van der Waals surface area contributed by atoms with Crippen LogP contribution < -0.4 is 5.56 Å². The van der Waals surface area contributed by atoms with Gasteiger partial charge in [0.1, 0.15) is 5.82 Å².